The summed E-state index contributed by atoms with van der Waals surface area (Å²) >= 11 is 1.57. The monoisotopic (exact) mass is 515 g/mol. The molecule has 2 aromatic carbocycles. The van der Waals surface area contributed by atoms with Crippen LogP contribution in [0, 0.1) is 0 Å². The number of furan rings is 1. The molecule has 0 bridgehead atoms. The third kappa shape index (κ3) is 3.65. The number of aromatic nitrogens is 4. The van der Waals surface area contributed by atoms with E-state index < -0.39 is 0 Å². The maximum absolute atomic E-state index is 14.4. The van der Waals surface area contributed by atoms with Crippen LogP contribution in [0.15, 0.2) is 106 Å². The van der Waals surface area contributed by atoms with Crippen molar-refractivity contribution >= 4 is 49.2 Å². The summed E-state index contributed by atoms with van der Waals surface area (Å²) in [6.45, 7) is 2.03. The van der Waals surface area contributed by atoms with Crippen molar-refractivity contribution < 1.29 is 4.42 Å². The van der Waals surface area contributed by atoms with E-state index in [-0.39, 0.29) is 11.6 Å². The van der Waals surface area contributed by atoms with E-state index in [0.29, 0.717) is 16.8 Å². The van der Waals surface area contributed by atoms with Crippen molar-refractivity contribution in [3.8, 4) is 16.8 Å². The van der Waals surface area contributed by atoms with Gasteiger partial charge in [0.25, 0.3) is 5.56 Å². The van der Waals surface area contributed by atoms with Gasteiger partial charge in [0.1, 0.15) is 11.0 Å². The molecular formula is C30H21N5O2S. The Balaban J connectivity index is 1.44. The minimum atomic E-state index is -0.239. The van der Waals surface area contributed by atoms with Gasteiger partial charge in [0.15, 0.2) is 11.4 Å². The van der Waals surface area contributed by atoms with Crippen LogP contribution in [-0.2, 0) is 0 Å². The van der Waals surface area contributed by atoms with Crippen molar-refractivity contribution in [3.05, 3.63) is 113 Å². The molecule has 0 spiro atoms. The third-order valence-electron chi connectivity index (χ3n) is 6.75. The number of anilines is 1. The van der Waals surface area contributed by atoms with Gasteiger partial charge in [-0.15, -0.1) is 11.3 Å². The van der Waals surface area contributed by atoms with Gasteiger partial charge in [0.2, 0.25) is 0 Å². The summed E-state index contributed by atoms with van der Waals surface area (Å²) < 4.78 is 8.42. The average Bonchev–Trinajstić information content (AvgIpc) is 3.63. The quantitative estimate of drug-likeness (QED) is 0.266. The molecule has 0 fully saturated rings. The van der Waals surface area contributed by atoms with Gasteiger partial charge in [-0.05, 0) is 48.2 Å². The SMILES string of the molecule is C[C@H](Nc1nccc2scnc12)c1cc2cccc(-c3cnc4ccoc4c3)c2c(=O)n1-c1ccccc1. The second-order valence-electron chi connectivity index (χ2n) is 9.07. The van der Waals surface area contributed by atoms with Crippen molar-refractivity contribution in [1.29, 1.82) is 0 Å². The Morgan fingerprint density at radius 3 is 2.76 bits per heavy atom. The molecule has 0 radical (unpaired) electrons. The number of rotatable bonds is 5. The number of benzene rings is 2. The van der Waals surface area contributed by atoms with Crippen LogP contribution in [0.3, 0.4) is 0 Å². The lowest BCUT2D eigenvalue weighted by atomic mass is 9.98. The molecule has 0 saturated heterocycles. The Kier molecular flexibility index (Phi) is 5.26. The zero-order chi connectivity index (χ0) is 25.6. The minimum Gasteiger partial charge on any atom is -0.463 e. The molecule has 7 rings (SSSR count). The number of thiazole rings is 1. The van der Waals surface area contributed by atoms with Crippen LogP contribution in [0.1, 0.15) is 18.7 Å². The summed E-state index contributed by atoms with van der Waals surface area (Å²) in [5.41, 5.74) is 7.24. The zero-order valence-electron chi connectivity index (χ0n) is 20.3. The number of nitrogens with one attached hydrogen (secondary N) is 1. The van der Waals surface area contributed by atoms with Crippen LogP contribution >= 0.6 is 11.3 Å². The molecule has 0 aliphatic carbocycles. The predicted octanol–water partition coefficient (Wildman–Crippen LogP) is 6.98. The fourth-order valence-electron chi connectivity index (χ4n) is 4.96. The number of hydrogen-bond acceptors (Lipinski definition) is 7. The molecular weight excluding hydrogens is 494 g/mol. The molecule has 5 heterocycles. The summed E-state index contributed by atoms with van der Waals surface area (Å²) in [5, 5.41) is 4.98. The van der Waals surface area contributed by atoms with E-state index in [9.17, 15) is 4.79 Å². The summed E-state index contributed by atoms with van der Waals surface area (Å²) in [6, 6.07) is 23.2. The van der Waals surface area contributed by atoms with Crippen LogP contribution in [0.4, 0.5) is 5.82 Å². The van der Waals surface area contributed by atoms with E-state index in [1.54, 1.807) is 34.6 Å². The molecule has 0 amide bonds. The van der Waals surface area contributed by atoms with Crippen LogP contribution < -0.4 is 10.9 Å². The van der Waals surface area contributed by atoms with E-state index in [1.807, 2.05) is 79.2 Å². The van der Waals surface area contributed by atoms with E-state index in [0.717, 1.165) is 43.6 Å². The molecule has 0 aliphatic rings. The highest BCUT2D eigenvalue weighted by molar-refractivity contribution is 7.16. The Bertz CT molecular complexity index is 2010. The van der Waals surface area contributed by atoms with Gasteiger partial charge in [-0.2, -0.15) is 0 Å². The number of fused-ring (bicyclic) bond motifs is 3. The van der Waals surface area contributed by atoms with Crippen LogP contribution in [-0.4, -0.2) is 19.5 Å². The Morgan fingerprint density at radius 2 is 1.87 bits per heavy atom. The van der Waals surface area contributed by atoms with Gasteiger partial charge in [-0.25, -0.2) is 9.97 Å². The van der Waals surface area contributed by atoms with E-state index in [2.05, 4.69) is 26.3 Å². The topological polar surface area (TPSA) is 85.8 Å². The number of pyridine rings is 3. The molecule has 7 aromatic rings. The fourth-order valence-corrected chi connectivity index (χ4v) is 5.63. The van der Waals surface area contributed by atoms with Gasteiger partial charge in [0.05, 0.1) is 27.9 Å². The largest absolute Gasteiger partial charge is 0.463 e. The Morgan fingerprint density at radius 1 is 0.974 bits per heavy atom. The lowest BCUT2D eigenvalue weighted by Gasteiger charge is -2.22. The lowest BCUT2D eigenvalue weighted by molar-refractivity contribution is 0.615. The van der Waals surface area contributed by atoms with Crippen molar-refractivity contribution in [2.75, 3.05) is 5.32 Å². The summed E-state index contributed by atoms with van der Waals surface area (Å²) in [6.07, 6.45) is 5.18. The van der Waals surface area contributed by atoms with Crippen molar-refractivity contribution in [1.82, 2.24) is 19.5 Å². The van der Waals surface area contributed by atoms with Gasteiger partial charge in [0, 0.05) is 35.4 Å². The molecule has 0 aliphatic heterocycles. The van der Waals surface area contributed by atoms with Crippen molar-refractivity contribution in [3.63, 3.8) is 0 Å². The minimum absolute atomic E-state index is 0.104. The van der Waals surface area contributed by atoms with E-state index >= 15 is 0 Å². The number of hydrogen-bond donors (Lipinski definition) is 1. The van der Waals surface area contributed by atoms with E-state index in [1.165, 1.54) is 0 Å². The molecule has 7 nitrogen and oxygen atoms in total. The van der Waals surface area contributed by atoms with Crippen LogP contribution in [0.2, 0.25) is 0 Å². The lowest BCUT2D eigenvalue weighted by Crippen LogP contribution is -2.26. The molecule has 38 heavy (non-hydrogen) atoms. The van der Waals surface area contributed by atoms with Gasteiger partial charge in [-0.1, -0.05) is 36.4 Å². The molecule has 1 atom stereocenters. The summed E-state index contributed by atoms with van der Waals surface area (Å²) in [4.78, 5) is 27.9. The first-order valence-electron chi connectivity index (χ1n) is 12.2. The molecule has 0 unspecified atom stereocenters. The third-order valence-corrected chi connectivity index (χ3v) is 7.54. The molecule has 1 N–H and O–H groups in total. The Hall–Kier alpha value is -4.82. The molecule has 8 heteroatoms. The first-order valence-corrected chi connectivity index (χ1v) is 13.1. The highest BCUT2D eigenvalue weighted by atomic mass is 32.1. The second-order valence-corrected chi connectivity index (χ2v) is 9.95. The van der Waals surface area contributed by atoms with Gasteiger partial charge >= 0.3 is 0 Å². The standard InChI is InChI=1S/C30H21N5O2S/c1-18(34-29-28-26(10-12-31-29)38-17-33-28)24-14-19-6-5-9-22(20-15-25-23(32-16-20)11-13-37-25)27(19)30(36)35(24)21-7-3-2-4-8-21/h2-18H,1H3,(H,31,34)/t18-/m0/s1. The first kappa shape index (κ1) is 22.4. The maximum Gasteiger partial charge on any atom is 0.263 e. The molecule has 5 aromatic heterocycles. The highest BCUT2D eigenvalue weighted by Gasteiger charge is 2.20. The van der Waals surface area contributed by atoms with Gasteiger partial charge < -0.3 is 9.73 Å². The van der Waals surface area contributed by atoms with E-state index in [4.69, 9.17) is 4.42 Å². The van der Waals surface area contributed by atoms with Crippen molar-refractivity contribution in [2.45, 2.75) is 13.0 Å². The average molecular weight is 516 g/mol. The summed E-state index contributed by atoms with van der Waals surface area (Å²) in [5.74, 6) is 0.690. The Labute approximate surface area is 221 Å². The smallest absolute Gasteiger partial charge is 0.263 e. The van der Waals surface area contributed by atoms with Crippen LogP contribution in [0.5, 0.6) is 0 Å². The normalized spacial score (nSPS) is 12.3. The number of para-hydroxylation sites is 1. The maximum atomic E-state index is 14.4. The zero-order valence-corrected chi connectivity index (χ0v) is 21.1. The second kappa shape index (κ2) is 8.93. The predicted molar refractivity (Wildman–Crippen MR) is 152 cm³/mol. The molecule has 184 valence electrons. The first-order chi connectivity index (χ1) is 18.7. The molecule has 0 saturated carbocycles. The highest BCUT2D eigenvalue weighted by Crippen LogP contribution is 2.32. The number of nitrogens with zero attached hydrogens (tertiary/aromatic N) is 4. The van der Waals surface area contributed by atoms with Crippen molar-refractivity contribution in [2.24, 2.45) is 0 Å². The summed E-state index contributed by atoms with van der Waals surface area (Å²) in [7, 11) is 0. The van der Waals surface area contributed by atoms with Gasteiger partial charge in [-0.3, -0.25) is 14.3 Å². The van der Waals surface area contributed by atoms with Crippen LogP contribution in [0.25, 0.3) is 48.9 Å². The fraction of sp³-hybridized carbons (Fsp3) is 0.0667.